The highest BCUT2D eigenvalue weighted by Crippen LogP contribution is 2.26. The molecule has 0 N–H and O–H groups in total. The zero-order chi connectivity index (χ0) is 15.5. The van der Waals surface area contributed by atoms with Crippen LogP contribution in [0.5, 0.6) is 0 Å². The van der Waals surface area contributed by atoms with Crippen molar-refractivity contribution in [1.29, 1.82) is 0 Å². The Morgan fingerprint density at radius 1 is 1.18 bits per heavy atom. The van der Waals surface area contributed by atoms with Gasteiger partial charge in [-0.05, 0) is 24.3 Å². The summed E-state index contributed by atoms with van der Waals surface area (Å²) >= 11 is 1.34. The summed E-state index contributed by atoms with van der Waals surface area (Å²) < 4.78 is 12.9. The average Bonchev–Trinajstić information content (AvgIpc) is 3.05. The molecule has 1 aromatic carbocycles. The molecule has 0 radical (unpaired) electrons. The number of aromatic nitrogens is 3. The highest BCUT2D eigenvalue weighted by atomic mass is 32.1. The fraction of sp³-hybridized carbons (Fsp3) is 0.0667. The fourth-order valence-corrected chi connectivity index (χ4v) is 2.65. The molecular formula is C15H11FN4OS. The van der Waals surface area contributed by atoms with Crippen LogP contribution in [0.25, 0.3) is 11.3 Å². The number of rotatable bonds is 3. The Balaban J connectivity index is 1.83. The van der Waals surface area contributed by atoms with E-state index < -0.39 is 0 Å². The van der Waals surface area contributed by atoms with Crippen LogP contribution in [0.3, 0.4) is 0 Å². The minimum Gasteiger partial charge on any atom is -0.287 e. The molecule has 0 atom stereocenters. The van der Waals surface area contributed by atoms with E-state index in [4.69, 9.17) is 0 Å². The van der Waals surface area contributed by atoms with E-state index in [-0.39, 0.29) is 11.7 Å². The first kappa shape index (κ1) is 14.3. The zero-order valence-corrected chi connectivity index (χ0v) is 12.4. The minimum absolute atomic E-state index is 0.245. The minimum atomic E-state index is -0.375. The number of amides is 1. The predicted molar refractivity (Wildman–Crippen MR) is 82.3 cm³/mol. The van der Waals surface area contributed by atoms with Gasteiger partial charge in [-0.25, -0.2) is 19.3 Å². The molecule has 2 heterocycles. The lowest BCUT2D eigenvalue weighted by Gasteiger charge is -2.13. The van der Waals surface area contributed by atoms with Gasteiger partial charge in [0.25, 0.3) is 5.91 Å². The SMILES string of the molecule is CN(C(=O)c1ccc(F)cc1)c1nc(-c2cncnc2)cs1. The first-order valence-corrected chi connectivity index (χ1v) is 7.27. The Hall–Kier alpha value is -2.67. The molecule has 5 nitrogen and oxygen atoms in total. The van der Waals surface area contributed by atoms with Gasteiger partial charge in [0.1, 0.15) is 12.1 Å². The number of benzene rings is 1. The molecule has 0 aliphatic heterocycles. The quantitative estimate of drug-likeness (QED) is 0.745. The van der Waals surface area contributed by atoms with Crippen molar-refractivity contribution in [3.8, 4) is 11.3 Å². The lowest BCUT2D eigenvalue weighted by molar-refractivity contribution is 0.0993. The van der Waals surface area contributed by atoms with Gasteiger partial charge in [-0.2, -0.15) is 0 Å². The first-order chi connectivity index (χ1) is 10.6. The van der Waals surface area contributed by atoms with Gasteiger partial charge in [-0.15, -0.1) is 11.3 Å². The molecule has 110 valence electrons. The van der Waals surface area contributed by atoms with Gasteiger partial charge in [0.2, 0.25) is 0 Å². The van der Waals surface area contributed by atoms with Crippen molar-refractivity contribution in [2.75, 3.05) is 11.9 Å². The second kappa shape index (κ2) is 5.98. The molecule has 1 amide bonds. The van der Waals surface area contributed by atoms with Crippen molar-refractivity contribution >= 4 is 22.4 Å². The summed E-state index contributed by atoms with van der Waals surface area (Å²) in [7, 11) is 1.63. The van der Waals surface area contributed by atoms with Crippen LogP contribution in [-0.4, -0.2) is 27.9 Å². The summed E-state index contributed by atoms with van der Waals surface area (Å²) in [5, 5.41) is 2.39. The maximum atomic E-state index is 12.9. The summed E-state index contributed by atoms with van der Waals surface area (Å²) in [6.45, 7) is 0. The van der Waals surface area contributed by atoms with Gasteiger partial charge >= 0.3 is 0 Å². The van der Waals surface area contributed by atoms with Crippen LogP contribution < -0.4 is 4.90 Å². The van der Waals surface area contributed by atoms with Crippen molar-refractivity contribution in [2.45, 2.75) is 0 Å². The van der Waals surface area contributed by atoms with E-state index in [1.54, 1.807) is 19.4 Å². The van der Waals surface area contributed by atoms with Crippen LogP contribution in [0.2, 0.25) is 0 Å². The zero-order valence-electron chi connectivity index (χ0n) is 11.6. The summed E-state index contributed by atoms with van der Waals surface area (Å²) in [4.78, 5) is 26.1. The van der Waals surface area contributed by atoms with Gasteiger partial charge in [0, 0.05) is 35.9 Å². The van der Waals surface area contributed by atoms with Gasteiger partial charge in [-0.1, -0.05) is 0 Å². The van der Waals surface area contributed by atoms with Crippen LogP contribution in [0.1, 0.15) is 10.4 Å². The van der Waals surface area contributed by atoms with Crippen LogP contribution in [-0.2, 0) is 0 Å². The molecule has 3 aromatic rings. The molecule has 0 fully saturated rings. The van der Waals surface area contributed by atoms with Gasteiger partial charge in [0.15, 0.2) is 5.13 Å². The maximum Gasteiger partial charge on any atom is 0.259 e. The highest BCUT2D eigenvalue weighted by molar-refractivity contribution is 7.14. The molecule has 0 aliphatic rings. The third-order valence-corrected chi connectivity index (χ3v) is 3.95. The van der Waals surface area contributed by atoms with Crippen molar-refractivity contribution in [1.82, 2.24) is 15.0 Å². The number of carbonyl (C=O) groups excluding carboxylic acids is 1. The van der Waals surface area contributed by atoms with E-state index in [0.29, 0.717) is 16.4 Å². The molecule has 7 heteroatoms. The lowest BCUT2D eigenvalue weighted by Crippen LogP contribution is -2.26. The number of hydrogen-bond acceptors (Lipinski definition) is 5. The Morgan fingerprint density at radius 2 is 1.86 bits per heavy atom. The monoisotopic (exact) mass is 314 g/mol. The van der Waals surface area contributed by atoms with Gasteiger partial charge < -0.3 is 0 Å². The van der Waals surface area contributed by atoms with Crippen molar-refractivity contribution < 1.29 is 9.18 Å². The molecule has 0 saturated heterocycles. The van der Waals surface area contributed by atoms with E-state index >= 15 is 0 Å². The van der Waals surface area contributed by atoms with E-state index in [1.807, 2.05) is 5.38 Å². The largest absolute Gasteiger partial charge is 0.287 e. The number of hydrogen-bond donors (Lipinski definition) is 0. The average molecular weight is 314 g/mol. The molecule has 3 rings (SSSR count). The molecule has 0 spiro atoms. The molecular weight excluding hydrogens is 303 g/mol. The molecule has 0 bridgehead atoms. The van der Waals surface area contributed by atoms with Crippen LogP contribution in [0.4, 0.5) is 9.52 Å². The molecule has 22 heavy (non-hydrogen) atoms. The normalized spacial score (nSPS) is 10.5. The highest BCUT2D eigenvalue weighted by Gasteiger charge is 2.17. The standard InChI is InChI=1S/C15H11FN4OS/c1-20(14(21)10-2-4-12(16)5-3-10)15-19-13(8-22-15)11-6-17-9-18-7-11/h2-9H,1H3. The van der Waals surface area contributed by atoms with E-state index in [0.717, 1.165) is 5.56 Å². The Bertz CT molecular complexity index is 789. The number of carbonyl (C=O) groups is 1. The molecule has 0 aliphatic carbocycles. The topological polar surface area (TPSA) is 59.0 Å². The number of nitrogens with zero attached hydrogens (tertiary/aromatic N) is 4. The molecule has 0 unspecified atom stereocenters. The van der Waals surface area contributed by atoms with Crippen LogP contribution >= 0.6 is 11.3 Å². The van der Waals surface area contributed by atoms with Crippen molar-refractivity contribution in [2.24, 2.45) is 0 Å². The molecule has 2 aromatic heterocycles. The summed E-state index contributed by atoms with van der Waals surface area (Å²) in [6, 6.07) is 5.42. The third-order valence-electron chi connectivity index (χ3n) is 3.03. The summed E-state index contributed by atoms with van der Waals surface area (Å²) in [5.74, 6) is -0.620. The van der Waals surface area contributed by atoms with E-state index in [1.165, 1.54) is 46.8 Å². The smallest absolute Gasteiger partial charge is 0.259 e. The fourth-order valence-electron chi connectivity index (χ4n) is 1.86. The summed E-state index contributed by atoms with van der Waals surface area (Å²) in [5.41, 5.74) is 1.90. The van der Waals surface area contributed by atoms with Crippen molar-refractivity contribution in [3.05, 3.63) is 59.7 Å². The van der Waals surface area contributed by atoms with E-state index in [9.17, 15) is 9.18 Å². The second-order valence-electron chi connectivity index (χ2n) is 4.51. The Morgan fingerprint density at radius 3 is 2.55 bits per heavy atom. The first-order valence-electron chi connectivity index (χ1n) is 6.39. The maximum absolute atomic E-state index is 12.9. The Labute approximate surface area is 130 Å². The number of halogens is 1. The lowest BCUT2D eigenvalue weighted by atomic mass is 10.2. The molecule has 0 saturated carbocycles. The van der Waals surface area contributed by atoms with Crippen molar-refractivity contribution in [3.63, 3.8) is 0 Å². The van der Waals surface area contributed by atoms with E-state index in [2.05, 4.69) is 15.0 Å². The van der Waals surface area contributed by atoms with Crippen LogP contribution in [0.15, 0.2) is 48.4 Å². The second-order valence-corrected chi connectivity index (χ2v) is 5.35. The van der Waals surface area contributed by atoms with Gasteiger partial charge in [0.05, 0.1) is 5.69 Å². The number of anilines is 1. The Kier molecular flexibility index (Phi) is 3.88. The summed E-state index contributed by atoms with van der Waals surface area (Å²) in [6.07, 6.45) is 4.77. The number of thiazole rings is 1. The van der Waals surface area contributed by atoms with Gasteiger partial charge in [-0.3, -0.25) is 9.69 Å². The third kappa shape index (κ3) is 2.84. The van der Waals surface area contributed by atoms with Crippen LogP contribution in [0, 0.1) is 5.82 Å². The predicted octanol–water partition coefficient (Wildman–Crippen LogP) is 3.02.